The fourth-order valence-electron chi connectivity index (χ4n) is 0.973. The number of ether oxygens (including phenoxy) is 2. The van der Waals surface area contributed by atoms with Gasteiger partial charge in [0, 0.05) is 12.1 Å². The second kappa shape index (κ2) is 4.07. The summed E-state index contributed by atoms with van der Waals surface area (Å²) in [5.74, 6) is -1.41. The van der Waals surface area contributed by atoms with Crippen molar-refractivity contribution in [3.05, 3.63) is 23.8 Å². The van der Waals surface area contributed by atoms with Crippen molar-refractivity contribution < 1.29 is 18.3 Å². The van der Waals surface area contributed by atoms with Crippen LogP contribution >= 0.6 is 0 Å². The minimum atomic E-state index is -0.751. The van der Waals surface area contributed by atoms with Crippen LogP contribution in [0.2, 0.25) is 0 Å². The van der Waals surface area contributed by atoms with E-state index in [1.165, 1.54) is 7.11 Å². The molecule has 0 spiro atoms. The Morgan fingerprint density at radius 2 is 2.00 bits per heavy atom. The smallest absolute Gasteiger partial charge is 0.197 e. The first kappa shape index (κ1) is 9.77. The van der Waals surface area contributed by atoms with E-state index in [0.717, 1.165) is 12.1 Å². The molecule has 1 aromatic rings. The fourth-order valence-corrected chi connectivity index (χ4v) is 0.973. The van der Waals surface area contributed by atoms with Gasteiger partial charge in [-0.15, -0.1) is 0 Å². The van der Waals surface area contributed by atoms with Gasteiger partial charge in [-0.2, -0.15) is 0 Å². The summed E-state index contributed by atoms with van der Waals surface area (Å²) in [6.07, 6.45) is 0. The van der Waals surface area contributed by atoms with Crippen molar-refractivity contribution in [3.63, 3.8) is 0 Å². The fraction of sp³-hybridized carbons (Fsp3) is 0.333. The van der Waals surface area contributed by atoms with Crippen LogP contribution in [-0.2, 0) is 0 Å². The van der Waals surface area contributed by atoms with Crippen molar-refractivity contribution in [1.29, 1.82) is 0 Å². The highest BCUT2D eigenvalue weighted by Gasteiger charge is 2.12. The van der Waals surface area contributed by atoms with Gasteiger partial charge >= 0.3 is 0 Å². The summed E-state index contributed by atoms with van der Waals surface area (Å²) >= 11 is 0. The molecule has 0 N–H and O–H groups in total. The van der Waals surface area contributed by atoms with Gasteiger partial charge in [-0.25, -0.2) is 8.78 Å². The quantitative estimate of drug-likeness (QED) is 0.725. The highest BCUT2D eigenvalue weighted by molar-refractivity contribution is 5.41. The van der Waals surface area contributed by atoms with Crippen molar-refractivity contribution in [2.45, 2.75) is 6.92 Å². The largest absolute Gasteiger partial charge is 0.493 e. The van der Waals surface area contributed by atoms with E-state index < -0.39 is 11.6 Å². The Morgan fingerprint density at radius 1 is 1.31 bits per heavy atom. The average Bonchev–Trinajstić information content (AvgIpc) is 2.09. The van der Waals surface area contributed by atoms with E-state index in [4.69, 9.17) is 9.47 Å². The molecule has 0 radical (unpaired) electrons. The summed E-state index contributed by atoms with van der Waals surface area (Å²) in [6, 6.07) is 1.83. The molecule has 13 heavy (non-hydrogen) atoms. The zero-order valence-electron chi connectivity index (χ0n) is 7.43. The summed E-state index contributed by atoms with van der Waals surface area (Å²) in [4.78, 5) is 0. The monoisotopic (exact) mass is 188 g/mol. The number of benzene rings is 1. The van der Waals surface area contributed by atoms with Gasteiger partial charge in [-0.3, -0.25) is 0 Å². The molecule has 72 valence electrons. The molecule has 0 aliphatic carbocycles. The van der Waals surface area contributed by atoms with E-state index in [-0.39, 0.29) is 11.5 Å². The summed E-state index contributed by atoms with van der Waals surface area (Å²) < 4.78 is 35.4. The predicted molar refractivity (Wildman–Crippen MR) is 44.1 cm³/mol. The van der Waals surface area contributed by atoms with Crippen LogP contribution in [0.25, 0.3) is 0 Å². The van der Waals surface area contributed by atoms with Gasteiger partial charge in [0.2, 0.25) is 0 Å². The van der Waals surface area contributed by atoms with Crippen LogP contribution in [0.15, 0.2) is 12.1 Å². The van der Waals surface area contributed by atoms with Crippen molar-refractivity contribution in [2.24, 2.45) is 0 Å². The molecule has 1 rings (SSSR count). The zero-order valence-corrected chi connectivity index (χ0v) is 7.43. The molecule has 0 amide bonds. The number of hydrogen-bond acceptors (Lipinski definition) is 2. The molecule has 0 aliphatic heterocycles. The normalized spacial score (nSPS) is 9.85. The first-order chi connectivity index (χ1) is 6.19. The maximum absolute atomic E-state index is 13.0. The van der Waals surface area contributed by atoms with Gasteiger partial charge in [0.25, 0.3) is 0 Å². The van der Waals surface area contributed by atoms with Gasteiger partial charge in [0.1, 0.15) is 5.82 Å². The molecule has 4 heteroatoms. The van der Waals surface area contributed by atoms with Crippen LogP contribution in [0.5, 0.6) is 11.5 Å². The third-order valence-electron chi connectivity index (χ3n) is 1.48. The van der Waals surface area contributed by atoms with E-state index >= 15 is 0 Å². The van der Waals surface area contributed by atoms with Crippen molar-refractivity contribution in [3.8, 4) is 11.5 Å². The van der Waals surface area contributed by atoms with E-state index in [1.54, 1.807) is 6.92 Å². The van der Waals surface area contributed by atoms with Crippen LogP contribution in [0.1, 0.15) is 6.92 Å². The Bertz CT molecular complexity index is 300. The van der Waals surface area contributed by atoms with Gasteiger partial charge in [0.15, 0.2) is 17.3 Å². The molecule has 0 heterocycles. The second-order valence-corrected chi connectivity index (χ2v) is 2.35. The number of hydrogen-bond donors (Lipinski definition) is 0. The summed E-state index contributed by atoms with van der Waals surface area (Å²) in [5.41, 5.74) is 0. The number of rotatable bonds is 3. The van der Waals surface area contributed by atoms with Gasteiger partial charge in [0.05, 0.1) is 13.7 Å². The predicted octanol–water partition coefficient (Wildman–Crippen LogP) is 2.37. The van der Waals surface area contributed by atoms with E-state index in [1.807, 2.05) is 0 Å². The molecule has 0 atom stereocenters. The van der Waals surface area contributed by atoms with Crippen LogP contribution in [0, 0.1) is 11.6 Å². The number of halogens is 2. The lowest BCUT2D eigenvalue weighted by molar-refractivity contribution is 0.292. The molecule has 0 saturated carbocycles. The third kappa shape index (κ3) is 2.08. The molecule has 2 nitrogen and oxygen atoms in total. The Hall–Kier alpha value is -1.32. The second-order valence-electron chi connectivity index (χ2n) is 2.35. The Kier molecular flexibility index (Phi) is 3.06. The molecule has 0 saturated heterocycles. The molecule has 0 bridgehead atoms. The molecular formula is C9H10F2O2. The van der Waals surface area contributed by atoms with E-state index in [0.29, 0.717) is 6.61 Å². The summed E-state index contributed by atoms with van der Waals surface area (Å²) in [6.45, 7) is 2.02. The minimum Gasteiger partial charge on any atom is -0.493 e. The van der Waals surface area contributed by atoms with Gasteiger partial charge in [-0.1, -0.05) is 0 Å². The van der Waals surface area contributed by atoms with Crippen LogP contribution in [0.3, 0.4) is 0 Å². The lowest BCUT2D eigenvalue weighted by Gasteiger charge is -2.09. The molecule has 0 aromatic heterocycles. The Labute approximate surface area is 75.1 Å². The first-order valence-electron chi connectivity index (χ1n) is 3.84. The Morgan fingerprint density at radius 3 is 2.54 bits per heavy atom. The zero-order chi connectivity index (χ0) is 9.84. The molecule has 0 unspecified atom stereocenters. The minimum absolute atomic E-state index is 0.0496. The summed E-state index contributed by atoms with van der Waals surface area (Å²) in [5, 5.41) is 0. The Balaban J connectivity index is 3.13. The van der Waals surface area contributed by atoms with Crippen molar-refractivity contribution in [1.82, 2.24) is 0 Å². The van der Waals surface area contributed by atoms with Crippen LogP contribution in [0.4, 0.5) is 8.78 Å². The lowest BCUT2D eigenvalue weighted by atomic mass is 10.3. The van der Waals surface area contributed by atoms with Crippen molar-refractivity contribution in [2.75, 3.05) is 13.7 Å². The average molecular weight is 188 g/mol. The van der Waals surface area contributed by atoms with Crippen molar-refractivity contribution >= 4 is 0 Å². The lowest BCUT2D eigenvalue weighted by Crippen LogP contribution is -1.98. The van der Waals surface area contributed by atoms with E-state index in [9.17, 15) is 8.78 Å². The first-order valence-corrected chi connectivity index (χ1v) is 3.84. The third-order valence-corrected chi connectivity index (χ3v) is 1.48. The highest BCUT2D eigenvalue weighted by atomic mass is 19.1. The van der Waals surface area contributed by atoms with Crippen LogP contribution in [-0.4, -0.2) is 13.7 Å². The van der Waals surface area contributed by atoms with Gasteiger partial charge in [-0.05, 0) is 6.92 Å². The molecule has 0 aliphatic rings. The SMILES string of the molecule is CCOc1c(F)cc(F)cc1OC. The maximum atomic E-state index is 13.0. The highest BCUT2D eigenvalue weighted by Crippen LogP contribution is 2.30. The van der Waals surface area contributed by atoms with E-state index in [2.05, 4.69) is 0 Å². The standard InChI is InChI=1S/C9H10F2O2/c1-3-13-9-7(11)4-6(10)5-8(9)12-2/h4-5H,3H2,1-2H3. The topological polar surface area (TPSA) is 18.5 Å². The molecule has 0 fully saturated rings. The van der Waals surface area contributed by atoms with Crippen LogP contribution < -0.4 is 9.47 Å². The maximum Gasteiger partial charge on any atom is 0.197 e. The van der Waals surface area contributed by atoms with Gasteiger partial charge < -0.3 is 9.47 Å². The number of methoxy groups -OCH3 is 1. The summed E-state index contributed by atoms with van der Waals surface area (Å²) in [7, 11) is 1.33. The molecule has 1 aromatic carbocycles. The molecular weight excluding hydrogens is 178 g/mol.